The van der Waals surface area contributed by atoms with Crippen molar-refractivity contribution in [3.05, 3.63) is 24.3 Å². The highest BCUT2D eigenvalue weighted by molar-refractivity contribution is 7.89. The molecule has 1 heterocycles. The lowest BCUT2D eigenvalue weighted by molar-refractivity contribution is 0.364. The maximum Gasteiger partial charge on any atom is 0.242 e. The molecule has 1 saturated heterocycles. The van der Waals surface area contributed by atoms with E-state index in [2.05, 4.69) is 11.8 Å². The van der Waals surface area contributed by atoms with Crippen molar-refractivity contribution in [2.45, 2.75) is 30.7 Å². The van der Waals surface area contributed by atoms with Crippen LogP contribution in [0.2, 0.25) is 0 Å². The molecule has 2 rings (SSSR count). The Kier molecular flexibility index (Phi) is 4.91. The highest BCUT2D eigenvalue weighted by atomic mass is 32.2. The van der Waals surface area contributed by atoms with Crippen LogP contribution in [0.5, 0.6) is 0 Å². The van der Waals surface area contributed by atoms with E-state index in [0.29, 0.717) is 10.8 Å². The van der Waals surface area contributed by atoms with Crippen molar-refractivity contribution in [3.63, 3.8) is 0 Å². The molecule has 1 aromatic rings. The fourth-order valence-corrected chi connectivity index (χ4v) is 3.62. The van der Waals surface area contributed by atoms with Gasteiger partial charge in [0.2, 0.25) is 10.0 Å². The number of sulfonamides is 1. The molecule has 1 aliphatic heterocycles. The molecule has 0 aromatic heterocycles. The van der Waals surface area contributed by atoms with Gasteiger partial charge in [0.25, 0.3) is 0 Å². The number of hydrogen-bond donors (Lipinski definition) is 1. The van der Waals surface area contributed by atoms with Crippen molar-refractivity contribution < 1.29 is 8.42 Å². The zero-order valence-electron chi connectivity index (χ0n) is 13.0. The lowest BCUT2D eigenvalue weighted by Crippen LogP contribution is -2.42. The molecule has 2 atom stereocenters. The van der Waals surface area contributed by atoms with Gasteiger partial charge in [0.1, 0.15) is 0 Å². The molecule has 2 unspecified atom stereocenters. The van der Waals surface area contributed by atoms with E-state index in [1.165, 1.54) is 10.7 Å². The first-order valence-electron chi connectivity index (χ1n) is 7.35. The Morgan fingerprint density at radius 3 is 2.43 bits per heavy atom. The number of hydrogen-bond acceptors (Lipinski definition) is 4. The number of rotatable bonds is 4. The van der Waals surface area contributed by atoms with Crippen LogP contribution in [0, 0.1) is 5.92 Å². The van der Waals surface area contributed by atoms with Crippen molar-refractivity contribution in [2.24, 2.45) is 11.7 Å². The Balaban J connectivity index is 2.16. The number of benzene rings is 1. The minimum absolute atomic E-state index is 0.196. The quantitative estimate of drug-likeness (QED) is 0.915. The second-order valence-electron chi connectivity index (χ2n) is 5.99. The van der Waals surface area contributed by atoms with Crippen LogP contribution in [0.15, 0.2) is 29.2 Å². The number of nitrogens with zero attached hydrogens (tertiary/aromatic N) is 2. The summed E-state index contributed by atoms with van der Waals surface area (Å²) in [6.07, 6.45) is 2.30. The first-order valence-corrected chi connectivity index (χ1v) is 8.79. The van der Waals surface area contributed by atoms with Crippen LogP contribution < -0.4 is 10.6 Å². The molecule has 2 N–H and O–H groups in total. The Morgan fingerprint density at radius 1 is 1.29 bits per heavy atom. The molecule has 5 nitrogen and oxygen atoms in total. The number of anilines is 1. The molecular weight excluding hydrogens is 286 g/mol. The standard InChI is InChI=1S/C15H25N3O2S/c1-12(16)13-5-4-10-18(11-13)14-6-8-15(9-7-14)21(19,20)17(2)3/h6-9,12-13H,4-5,10-11,16H2,1-3H3. The van der Waals surface area contributed by atoms with Crippen molar-refractivity contribution in [3.8, 4) is 0 Å². The molecule has 118 valence electrons. The predicted octanol–water partition coefficient (Wildman–Crippen LogP) is 1.50. The lowest BCUT2D eigenvalue weighted by atomic mass is 9.92. The smallest absolute Gasteiger partial charge is 0.242 e. The summed E-state index contributed by atoms with van der Waals surface area (Å²) in [5.74, 6) is 0.504. The predicted molar refractivity (Wildman–Crippen MR) is 85.9 cm³/mol. The minimum atomic E-state index is -3.35. The molecule has 0 amide bonds. The summed E-state index contributed by atoms with van der Waals surface area (Å²) in [4.78, 5) is 2.63. The topological polar surface area (TPSA) is 66.6 Å². The van der Waals surface area contributed by atoms with Gasteiger partial charge in [0, 0.05) is 38.9 Å². The average molecular weight is 311 g/mol. The summed E-state index contributed by atoms with van der Waals surface area (Å²) in [7, 11) is -0.268. The average Bonchev–Trinajstić information content (AvgIpc) is 2.47. The van der Waals surface area contributed by atoms with Gasteiger partial charge >= 0.3 is 0 Å². The third-order valence-electron chi connectivity index (χ3n) is 4.18. The van der Waals surface area contributed by atoms with Crippen LogP contribution in [0.4, 0.5) is 5.69 Å². The third kappa shape index (κ3) is 3.56. The van der Waals surface area contributed by atoms with E-state index in [4.69, 9.17) is 5.73 Å². The van der Waals surface area contributed by atoms with E-state index in [9.17, 15) is 8.42 Å². The number of piperidine rings is 1. The van der Waals surface area contributed by atoms with Gasteiger partial charge in [-0.3, -0.25) is 0 Å². The van der Waals surface area contributed by atoms with Gasteiger partial charge in [-0.1, -0.05) is 0 Å². The van der Waals surface area contributed by atoms with Gasteiger partial charge in [0.05, 0.1) is 4.90 Å². The van der Waals surface area contributed by atoms with E-state index in [1.807, 2.05) is 12.1 Å². The van der Waals surface area contributed by atoms with Gasteiger partial charge in [-0.2, -0.15) is 0 Å². The van der Waals surface area contributed by atoms with Gasteiger partial charge in [-0.05, 0) is 49.9 Å². The highest BCUT2D eigenvalue weighted by Gasteiger charge is 2.23. The molecule has 0 saturated carbocycles. The molecule has 6 heteroatoms. The minimum Gasteiger partial charge on any atom is -0.371 e. The zero-order valence-corrected chi connectivity index (χ0v) is 13.8. The molecule has 0 bridgehead atoms. The Bertz CT molecular complexity index is 567. The zero-order chi connectivity index (χ0) is 15.6. The van der Waals surface area contributed by atoms with Crippen LogP contribution in [-0.4, -0.2) is 45.9 Å². The molecular formula is C15H25N3O2S. The second-order valence-corrected chi connectivity index (χ2v) is 8.14. The highest BCUT2D eigenvalue weighted by Crippen LogP contribution is 2.26. The van der Waals surface area contributed by atoms with Gasteiger partial charge < -0.3 is 10.6 Å². The van der Waals surface area contributed by atoms with Crippen molar-refractivity contribution in [1.29, 1.82) is 0 Å². The summed E-state index contributed by atoms with van der Waals surface area (Å²) in [6, 6.07) is 7.33. The molecule has 21 heavy (non-hydrogen) atoms. The van der Waals surface area contributed by atoms with Crippen LogP contribution in [0.25, 0.3) is 0 Å². The molecule has 1 aliphatic rings. The molecule has 0 spiro atoms. The van der Waals surface area contributed by atoms with Gasteiger partial charge in [-0.15, -0.1) is 0 Å². The summed E-state index contributed by atoms with van der Waals surface area (Å²) in [5, 5.41) is 0. The van der Waals surface area contributed by atoms with Crippen molar-refractivity contribution in [1.82, 2.24) is 4.31 Å². The van der Waals surface area contributed by atoms with E-state index in [0.717, 1.165) is 25.2 Å². The maximum absolute atomic E-state index is 12.1. The van der Waals surface area contributed by atoms with Crippen LogP contribution >= 0.6 is 0 Å². The monoisotopic (exact) mass is 311 g/mol. The summed E-state index contributed by atoms with van der Waals surface area (Å²) < 4.78 is 25.3. The normalized spacial score (nSPS) is 21.6. The summed E-state index contributed by atoms with van der Waals surface area (Å²) in [5.41, 5.74) is 7.08. The molecule has 1 aromatic carbocycles. The van der Waals surface area contributed by atoms with Crippen LogP contribution in [0.3, 0.4) is 0 Å². The first kappa shape index (κ1) is 16.3. The Morgan fingerprint density at radius 2 is 1.90 bits per heavy atom. The van der Waals surface area contributed by atoms with Crippen LogP contribution in [0.1, 0.15) is 19.8 Å². The van der Waals surface area contributed by atoms with E-state index in [1.54, 1.807) is 26.2 Å². The third-order valence-corrected chi connectivity index (χ3v) is 6.01. The van der Waals surface area contributed by atoms with Gasteiger partial charge in [-0.25, -0.2) is 12.7 Å². The van der Waals surface area contributed by atoms with Crippen molar-refractivity contribution >= 4 is 15.7 Å². The lowest BCUT2D eigenvalue weighted by Gasteiger charge is -2.36. The first-order chi connectivity index (χ1) is 9.82. The largest absolute Gasteiger partial charge is 0.371 e. The maximum atomic E-state index is 12.1. The Labute approximate surface area is 127 Å². The van der Waals surface area contributed by atoms with Gasteiger partial charge in [0.15, 0.2) is 0 Å². The summed E-state index contributed by atoms with van der Waals surface area (Å²) >= 11 is 0. The fourth-order valence-electron chi connectivity index (χ4n) is 2.71. The second kappa shape index (κ2) is 6.34. The Hall–Kier alpha value is -1.11. The van der Waals surface area contributed by atoms with E-state index >= 15 is 0 Å². The molecule has 1 fully saturated rings. The van der Waals surface area contributed by atoms with Crippen LogP contribution in [-0.2, 0) is 10.0 Å². The van der Waals surface area contributed by atoms with Crippen molar-refractivity contribution in [2.75, 3.05) is 32.1 Å². The van der Waals surface area contributed by atoms with E-state index in [-0.39, 0.29) is 6.04 Å². The summed E-state index contributed by atoms with van der Waals surface area (Å²) in [6.45, 7) is 4.00. The fraction of sp³-hybridized carbons (Fsp3) is 0.600. The molecule has 0 aliphatic carbocycles. The molecule has 0 radical (unpaired) electrons. The van der Waals surface area contributed by atoms with E-state index < -0.39 is 10.0 Å². The number of nitrogens with two attached hydrogens (primary N) is 1. The SMILES string of the molecule is CC(N)C1CCCN(c2ccc(S(=O)(=O)N(C)C)cc2)C1.